The second-order valence-electron chi connectivity index (χ2n) is 6.03. The fourth-order valence-electron chi connectivity index (χ4n) is 2.98. The number of aromatic nitrogens is 2. The maximum Gasteiger partial charge on any atom is 0.243 e. The molecule has 23 heavy (non-hydrogen) atoms. The molecule has 6 nitrogen and oxygen atoms in total. The summed E-state index contributed by atoms with van der Waals surface area (Å²) in [4.78, 5) is 14.4. The van der Waals surface area contributed by atoms with Crippen molar-refractivity contribution in [1.82, 2.24) is 9.88 Å². The van der Waals surface area contributed by atoms with Crippen LogP contribution in [-0.4, -0.2) is 30.1 Å². The summed E-state index contributed by atoms with van der Waals surface area (Å²) in [6.45, 7) is 2.72. The van der Waals surface area contributed by atoms with Gasteiger partial charge in [-0.15, -0.1) is 0 Å². The van der Waals surface area contributed by atoms with Gasteiger partial charge in [-0.1, -0.05) is 6.07 Å². The molecule has 0 spiro atoms. The van der Waals surface area contributed by atoms with Crippen molar-refractivity contribution in [2.75, 3.05) is 30.3 Å². The van der Waals surface area contributed by atoms with E-state index in [-0.39, 0.29) is 5.91 Å². The van der Waals surface area contributed by atoms with E-state index in [9.17, 15) is 4.79 Å². The lowest BCUT2D eigenvalue weighted by molar-refractivity contribution is -0.671. The summed E-state index contributed by atoms with van der Waals surface area (Å²) in [5.41, 5.74) is 8.76. The van der Waals surface area contributed by atoms with Crippen LogP contribution in [-0.2, 0) is 24.8 Å². The predicted molar refractivity (Wildman–Crippen MR) is 90.0 cm³/mol. The number of hydrogen-bond donors (Lipinski definition) is 2. The van der Waals surface area contributed by atoms with E-state index in [1.165, 1.54) is 5.56 Å². The molecule has 1 aliphatic heterocycles. The molecule has 0 unspecified atom stereocenters. The van der Waals surface area contributed by atoms with Crippen LogP contribution < -0.4 is 20.5 Å². The highest BCUT2D eigenvalue weighted by atomic mass is 16.2. The molecule has 1 aliphatic rings. The lowest BCUT2D eigenvalue weighted by Crippen LogP contribution is -2.41. The Hall–Kier alpha value is -2.34. The molecule has 0 radical (unpaired) electrons. The van der Waals surface area contributed by atoms with Gasteiger partial charge in [0.2, 0.25) is 12.2 Å². The first-order valence-electron chi connectivity index (χ1n) is 8.04. The van der Waals surface area contributed by atoms with Crippen molar-refractivity contribution >= 4 is 17.3 Å². The smallest absolute Gasteiger partial charge is 0.243 e. The number of benzene rings is 1. The van der Waals surface area contributed by atoms with Crippen LogP contribution >= 0.6 is 0 Å². The molecule has 122 valence electrons. The zero-order valence-electron chi connectivity index (χ0n) is 13.5. The zero-order chi connectivity index (χ0) is 16.2. The number of carbonyl (C=O) groups is 1. The molecular formula is C17H24N5O+. The van der Waals surface area contributed by atoms with Gasteiger partial charge in [-0.3, -0.25) is 4.79 Å². The lowest BCUT2D eigenvalue weighted by Gasteiger charge is -2.30. The number of amides is 1. The summed E-state index contributed by atoms with van der Waals surface area (Å²) < 4.78 is 4.09. The minimum Gasteiger partial charge on any atom is -0.399 e. The average molecular weight is 314 g/mol. The maximum atomic E-state index is 12.5. The van der Waals surface area contributed by atoms with Crippen LogP contribution in [0.3, 0.4) is 0 Å². The number of nitrogen functional groups attached to an aromatic ring is 1. The fraction of sp³-hybridized carbons (Fsp3) is 0.412. The summed E-state index contributed by atoms with van der Waals surface area (Å²) in [5.74, 6) is 0.106. The van der Waals surface area contributed by atoms with Crippen molar-refractivity contribution in [3.8, 4) is 0 Å². The Morgan fingerprint density at radius 2 is 2.30 bits per heavy atom. The van der Waals surface area contributed by atoms with Gasteiger partial charge in [0.1, 0.15) is 18.9 Å². The van der Waals surface area contributed by atoms with Gasteiger partial charge in [0.25, 0.3) is 0 Å². The second-order valence-corrected chi connectivity index (χ2v) is 6.03. The number of fused-ring (bicyclic) bond motifs is 1. The van der Waals surface area contributed by atoms with E-state index in [1.54, 1.807) is 0 Å². The molecule has 0 fully saturated rings. The molecule has 0 bridgehead atoms. The lowest BCUT2D eigenvalue weighted by atomic mass is 10.0. The quantitative estimate of drug-likeness (QED) is 0.479. The minimum atomic E-state index is 0.106. The monoisotopic (exact) mass is 314 g/mol. The number of rotatable bonds is 5. The Balaban J connectivity index is 1.54. The zero-order valence-corrected chi connectivity index (χ0v) is 13.5. The minimum absolute atomic E-state index is 0.106. The van der Waals surface area contributed by atoms with Crippen LogP contribution in [0.4, 0.5) is 11.4 Å². The molecule has 3 N–H and O–H groups in total. The van der Waals surface area contributed by atoms with Gasteiger partial charge in [-0.2, -0.15) is 0 Å². The number of hydrogen-bond acceptors (Lipinski definition) is 3. The van der Waals surface area contributed by atoms with Gasteiger partial charge in [0, 0.05) is 24.5 Å². The van der Waals surface area contributed by atoms with E-state index in [0.717, 1.165) is 38.2 Å². The van der Waals surface area contributed by atoms with Gasteiger partial charge in [0.15, 0.2) is 0 Å². The van der Waals surface area contributed by atoms with Crippen LogP contribution in [0.25, 0.3) is 0 Å². The van der Waals surface area contributed by atoms with E-state index in [4.69, 9.17) is 5.73 Å². The number of aryl methyl sites for hydroxylation is 2. The van der Waals surface area contributed by atoms with Gasteiger partial charge >= 0.3 is 0 Å². The SMILES string of the molecule is C[n+]1ccn(CCNCC(=O)N2CCCc3ccc(N)cc32)c1. The van der Waals surface area contributed by atoms with Gasteiger partial charge in [0.05, 0.1) is 13.6 Å². The number of nitrogens with one attached hydrogen (secondary N) is 1. The maximum absolute atomic E-state index is 12.5. The van der Waals surface area contributed by atoms with Crippen molar-refractivity contribution in [2.24, 2.45) is 7.05 Å². The third kappa shape index (κ3) is 3.71. The number of nitrogens with two attached hydrogens (primary N) is 1. The Kier molecular flexibility index (Phi) is 4.62. The fourth-order valence-corrected chi connectivity index (χ4v) is 2.98. The molecule has 0 saturated heterocycles. The summed E-state index contributed by atoms with van der Waals surface area (Å²) in [5, 5.41) is 3.23. The Labute approximate surface area is 136 Å². The molecule has 6 heteroatoms. The van der Waals surface area contributed by atoms with Crippen molar-refractivity contribution in [3.63, 3.8) is 0 Å². The van der Waals surface area contributed by atoms with Gasteiger partial charge < -0.3 is 16.0 Å². The molecular weight excluding hydrogens is 290 g/mol. The Morgan fingerprint density at radius 3 is 3.09 bits per heavy atom. The topological polar surface area (TPSA) is 67.2 Å². The van der Waals surface area contributed by atoms with E-state index < -0.39 is 0 Å². The second kappa shape index (κ2) is 6.83. The largest absolute Gasteiger partial charge is 0.399 e. The van der Waals surface area contributed by atoms with Crippen LogP contribution in [0.2, 0.25) is 0 Å². The van der Waals surface area contributed by atoms with Crippen LogP contribution in [0.1, 0.15) is 12.0 Å². The van der Waals surface area contributed by atoms with Crippen molar-refractivity contribution in [2.45, 2.75) is 19.4 Å². The Morgan fingerprint density at radius 1 is 1.43 bits per heavy atom. The summed E-state index contributed by atoms with van der Waals surface area (Å²) in [6, 6.07) is 5.85. The first kappa shape index (κ1) is 15.6. The molecule has 3 rings (SSSR count). The van der Waals surface area contributed by atoms with E-state index in [0.29, 0.717) is 12.2 Å². The summed E-state index contributed by atoms with van der Waals surface area (Å²) >= 11 is 0. The molecule has 0 atom stereocenters. The predicted octanol–water partition coefficient (Wildman–Crippen LogP) is 0.464. The third-order valence-electron chi connectivity index (χ3n) is 4.18. The molecule has 1 amide bonds. The highest BCUT2D eigenvalue weighted by Crippen LogP contribution is 2.28. The van der Waals surface area contributed by atoms with Crippen LogP contribution in [0.5, 0.6) is 0 Å². The number of anilines is 2. The molecule has 2 aromatic rings. The third-order valence-corrected chi connectivity index (χ3v) is 4.18. The average Bonchev–Trinajstić information content (AvgIpc) is 2.96. The highest BCUT2D eigenvalue weighted by Gasteiger charge is 2.22. The van der Waals surface area contributed by atoms with E-state index in [2.05, 4.69) is 9.88 Å². The van der Waals surface area contributed by atoms with Crippen molar-refractivity contribution in [1.29, 1.82) is 0 Å². The highest BCUT2D eigenvalue weighted by molar-refractivity contribution is 5.96. The van der Waals surface area contributed by atoms with E-state index in [1.807, 2.05) is 53.4 Å². The standard InChI is InChI=1S/C17H24N5O/c1-20-9-10-21(13-20)8-6-19-12-17(23)22-7-2-3-14-4-5-15(18)11-16(14)22/h4-5,9-11,13,19H,2-3,6-8,12,18H2,1H3/q+1. The van der Waals surface area contributed by atoms with E-state index >= 15 is 0 Å². The molecule has 0 aliphatic carbocycles. The molecule has 0 saturated carbocycles. The van der Waals surface area contributed by atoms with Gasteiger partial charge in [-0.05, 0) is 30.5 Å². The van der Waals surface area contributed by atoms with Crippen LogP contribution in [0, 0.1) is 0 Å². The van der Waals surface area contributed by atoms with Crippen molar-refractivity contribution in [3.05, 3.63) is 42.5 Å². The van der Waals surface area contributed by atoms with Crippen LogP contribution in [0.15, 0.2) is 36.9 Å². The number of carbonyl (C=O) groups excluding carboxylic acids is 1. The number of imidazole rings is 1. The number of nitrogens with zero attached hydrogens (tertiary/aromatic N) is 3. The first-order valence-corrected chi connectivity index (χ1v) is 8.04. The van der Waals surface area contributed by atoms with Crippen molar-refractivity contribution < 1.29 is 9.36 Å². The first-order chi connectivity index (χ1) is 11.1. The summed E-state index contributed by atoms with van der Waals surface area (Å²) in [7, 11) is 1.99. The normalized spacial score (nSPS) is 13.9. The Bertz CT molecular complexity index is 694. The molecule has 1 aromatic carbocycles. The molecule has 2 heterocycles. The van der Waals surface area contributed by atoms with Gasteiger partial charge in [-0.25, -0.2) is 9.13 Å². The summed E-state index contributed by atoms with van der Waals surface area (Å²) in [6.07, 6.45) is 8.06. The molecule has 1 aromatic heterocycles.